The number of carbonyl (C=O) groups is 2. The van der Waals surface area contributed by atoms with Crippen LogP contribution in [0, 0.1) is 21.4 Å². The molecule has 0 atom stereocenters. The molecule has 0 heterocycles. The summed E-state index contributed by atoms with van der Waals surface area (Å²) < 4.78 is 16.1. The minimum Gasteiger partial charge on any atom is -0.490 e. The molecule has 1 N–H and O–H groups in total. The van der Waals surface area contributed by atoms with Crippen LogP contribution in [-0.4, -0.2) is 30.5 Å². The van der Waals surface area contributed by atoms with Gasteiger partial charge in [0.05, 0.1) is 24.2 Å². The van der Waals surface area contributed by atoms with Gasteiger partial charge in [0.25, 0.3) is 11.6 Å². The van der Waals surface area contributed by atoms with E-state index in [-0.39, 0.29) is 17.9 Å². The van der Waals surface area contributed by atoms with E-state index in [0.29, 0.717) is 40.5 Å². The molecule has 0 saturated carbocycles. The fourth-order valence-electron chi connectivity index (χ4n) is 3.24. The molecule has 3 aromatic carbocycles. The predicted molar refractivity (Wildman–Crippen MR) is 135 cm³/mol. The summed E-state index contributed by atoms with van der Waals surface area (Å²) in [6, 6.07) is 19.0. The van der Waals surface area contributed by atoms with Gasteiger partial charge in [0, 0.05) is 17.8 Å². The molecular formula is C27H23N3O7. The zero-order chi connectivity index (χ0) is 26.8. The summed E-state index contributed by atoms with van der Waals surface area (Å²) in [5, 5.41) is 23.1. The Morgan fingerprint density at radius 2 is 1.81 bits per heavy atom. The fraction of sp³-hybridized carbons (Fsp3) is 0.148. The van der Waals surface area contributed by atoms with Gasteiger partial charge in [-0.3, -0.25) is 14.9 Å². The van der Waals surface area contributed by atoms with Gasteiger partial charge in [-0.2, -0.15) is 5.26 Å². The minimum atomic E-state index is -0.628. The topological polar surface area (TPSA) is 141 Å². The van der Waals surface area contributed by atoms with Crippen molar-refractivity contribution < 1.29 is 28.7 Å². The van der Waals surface area contributed by atoms with E-state index in [1.165, 1.54) is 49.6 Å². The Kier molecular flexibility index (Phi) is 8.94. The molecule has 3 aromatic rings. The second-order valence-electron chi connectivity index (χ2n) is 7.55. The maximum atomic E-state index is 12.6. The highest BCUT2D eigenvalue weighted by molar-refractivity contribution is 6.09. The molecule has 188 valence electrons. The molecule has 0 aliphatic rings. The number of amides is 1. The molecular weight excluding hydrogens is 478 g/mol. The third-order valence-corrected chi connectivity index (χ3v) is 5.02. The van der Waals surface area contributed by atoms with Crippen molar-refractivity contribution in [2.24, 2.45) is 0 Å². The van der Waals surface area contributed by atoms with Crippen LogP contribution in [0.4, 0.5) is 11.4 Å². The largest absolute Gasteiger partial charge is 0.490 e. The lowest BCUT2D eigenvalue weighted by molar-refractivity contribution is -0.384. The molecule has 10 heteroatoms. The molecule has 0 aliphatic carbocycles. The van der Waals surface area contributed by atoms with Crippen LogP contribution < -0.4 is 14.8 Å². The Hall–Kier alpha value is -5.17. The quantitative estimate of drug-likeness (QED) is 0.136. The van der Waals surface area contributed by atoms with Gasteiger partial charge in [-0.1, -0.05) is 18.2 Å². The van der Waals surface area contributed by atoms with Crippen molar-refractivity contribution in [2.45, 2.75) is 13.5 Å². The number of non-ortho nitro benzene ring substituents is 1. The van der Waals surface area contributed by atoms with E-state index < -0.39 is 16.8 Å². The highest BCUT2D eigenvalue weighted by Crippen LogP contribution is 2.30. The van der Waals surface area contributed by atoms with Crippen molar-refractivity contribution in [3.8, 4) is 17.6 Å². The summed E-state index contributed by atoms with van der Waals surface area (Å²) in [6.45, 7) is 2.22. The highest BCUT2D eigenvalue weighted by atomic mass is 16.6. The number of rotatable bonds is 10. The zero-order valence-electron chi connectivity index (χ0n) is 20.1. The molecule has 0 aromatic heterocycles. The predicted octanol–water partition coefficient (Wildman–Crippen LogP) is 4.90. The maximum Gasteiger partial charge on any atom is 0.337 e. The molecule has 0 radical (unpaired) electrons. The third-order valence-electron chi connectivity index (χ3n) is 5.02. The fourth-order valence-corrected chi connectivity index (χ4v) is 3.24. The lowest BCUT2D eigenvalue weighted by Gasteiger charge is -2.13. The Balaban J connectivity index is 1.75. The van der Waals surface area contributed by atoms with Crippen LogP contribution in [0.25, 0.3) is 6.08 Å². The zero-order valence-corrected chi connectivity index (χ0v) is 20.1. The third kappa shape index (κ3) is 7.16. The number of esters is 1. The number of nitriles is 1. The van der Waals surface area contributed by atoms with Crippen molar-refractivity contribution in [1.29, 1.82) is 5.26 Å². The molecule has 0 fully saturated rings. The van der Waals surface area contributed by atoms with Crippen molar-refractivity contribution in [1.82, 2.24) is 0 Å². The summed E-state index contributed by atoms with van der Waals surface area (Å²) in [5.74, 6) is -0.340. The molecule has 1 amide bonds. The van der Waals surface area contributed by atoms with Gasteiger partial charge in [0.1, 0.15) is 18.2 Å². The SMILES string of the molecule is CCOc1cc(/C=C(\C#N)C(=O)Nc2ccc(C(=O)OC)cc2)ccc1OCc1cccc([N+](=O)[O-])c1. The van der Waals surface area contributed by atoms with Crippen LogP contribution in [0.3, 0.4) is 0 Å². The normalized spacial score (nSPS) is 10.7. The van der Waals surface area contributed by atoms with Gasteiger partial charge in [-0.05, 0) is 60.5 Å². The van der Waals surface area contributed by atoms with Gasteiger partial charge < -0.3 is 19.5 Å². The minimum absolute atomic E-state index is 0.0339. The smallest absolute Gasteiger partial charge is 0.337 e. The number of hydrogen-bond acceptors (Lipinski definition) is 8. The van der Waals surface area contributed by atoms with Gasteiger partial charge in [-0.25, -0.2) is 4.79 Å². The van der Waals surface area contributed by atoms with Crippen LogP contribution in [-0.2, 0) is 16.1 Å². The summed E-state index contributed by atoms with van der Waals surface area (Å²) in [4.78, 5) is 34.7. The first-order valence-electron chi connectivity index (χ1n) is 11.1. The van der Waals surface area contributed by atoms with E-state index in [0.717, 1.165) is 0 Å². The molecule has 37 heavy (non-hydrogen) atoms. The van der Waals surface area contributed by atoms with E-state index in [1.807, 2.05) is 6.07 Å². The Labute approximate surface area is 212 Å². The van der Waals surface area contributed by atoms with Gasteiger partial charge >= 0.3 is 5.97 Å². The standard InChI is InChI=1S/C27H23N3O7/c1-3-36-25-15-18(7-12-24(25)37-17-19-5-4-6-23(14-19)30(33)34)13-21(16-28)26(31)29-22-10-8-20(9-11-22)27(32)35-2/h4-15H,3,17H2,1-2H3,(H,29,31)/b21-13+. The van der Waals surface area contributed by atoms with Crippen molar-refractivity contribution >= 4 is 29.3 Å². The highest BCUT2D eigenvalue weighted by Gasteiger charge is 2.13. The van der Waals surface area contributed by atoms with Crippen LogP contribution in [0.1, 0.15) is 28.4 Å². The molecule has 0 bridgehead atoms. The van der Waals surface area contributed by atoms with E-state index in [2.05, 4.69) is 10.1 Å². The van der Waals surface area contributed by atoms with Crippen LogP contribution in [0.2, 0.25) is 0 Å². The number of hydrogen-bond donors (Lipinski definition) is 1. The van der Waals surface area contributed by atoms with Crippen molar-refractivity contribution in [2.75, 3.05) is 19.0 Å². The monoisotopic (exact) mass is 501 g/mol. The molecule has 3 rings (SSSR count). The van der Waals surface area contributed by atoms with Crippen molar-refractivity contribution in [3.05, 3.63) is 99.1 Å². The van der Waals surface area contributed by atoms with E-state index in [1.54, 1.807) is 37.3 Å². The maximum absolute atomic E-state index is 12.6. The second kappa shape index (κ2) is 12.5. The Morgan fingerprint density at radius 1 is 1.05 bits per heavy atom. The number of benzene rings is 3. The number of nitro benzene ring substituents is 1. The van der Waals surface area contributed by atoms with Crippen LogP contribution in [0.5, 0.6) is 11.5 Å². The first-order valence-corrected chi connectivity index (χ1v) is 11.1. The lowest BCUT2D eigenvalue weighted by Crippen LogP contribution is -2.13. The van der Waals surface area contributed by atoms with E-state index >= 15 is 0 Å². The van der Waals surface area contributed by atoms with E-state index in [4.69, 9.17) is 9.47 Å². The molecule has 0 spiro atoms. The van der Waals surface area contributed by atoms with E-state index in [9.17, 15) is 25.0 Å². The van der Waals surface area contributed by atoms with Crippen molar-refractivity contribution in [3.63, 3.8) is 0 Å². The Morgan fingerprint density at radius 3 is 2.46 bits per heavy atom. The lowest BCUT2D eigenvalue weighted by atomic mass is 10.1. The number of methoxy groups -OCH3 is 1. The van der Waals surface area contributed by atoms with Gasteiger partial charge in [0.15, 0.2) is 11.5 Å². The number of carbonyl (C=O) groups excluding carboxylic acids is 2. The summed E-state index contributed by atoms with van der Waals surface area (Å²) in [6.07, 6.45) is 1.41. The first-order chi connectivity index (χ1) is 17.8. The summed E-state index contributed by atoms with van der Waals surface area (Å²) >= 11 is 0. The number of anilines is 1. The van der Waals surface area contributed by atoms with Gasteiger partial charge in [-0.15, -0.1) is 0 Å². The summed E-state index contributed by atoms with van der Waals surface area (Å²) in [7, 11) is 1.27. The van der Waals surface area contributed by atoms with Crippen LogP contribution >= 0.6 is 0 Å². The first kappa shape index (κ1) is 26.4. The molecule has 10 nitrogen and oxygen atoms in total. The molecule has 0 aliphatic heterocycles. The number of ether oxygens (including phenoxy) is 3. The van der Waals surface area contributed by atoms with Crippen LogP contribution in [0.15, 0.2) is 72.3 Å². The number of nitrogens with zero attached hydrogens (tertiary/aromatic N) is 2. The average Bonchev–Trinajstić information content (AvgIpc) is 2.91. The molecule has 0 unspecified atom stereocenters. The second-order valence-corrected chi connectivity index (χ2v) is 7.55. The number of nitro groups is 1. The Bertz CT molecular complexity index is 1380. The summed E-state index contributed by atoms with van der Waals surface area (Å²) in [5.41, 5.74) is 1.69. The molecule has 0 saturated heterocycles. The average molecular weight is 501 g/mol. The van der Waals surface area contributed by atoms with Gasteiger partial charge in [0.2, 0.25) is 0 Å². The number of nitrogens with one attached hydrogen (secondary N) is 1.